The van der Waals surface area contributed by atoms with Crippen LogP contribution >= 0.6 is 7.82 Å². The van der Waals surface area contributed by atoms with Crippen LogP contribution in [0.15, 0.2) is 72.8 Å². The lowest BCUT2D eigenvalue weighted by atomic mass is 10.0. The Balaban J connectivity index is 1.80. The molecule has 0 aliphatic carbocycles. The highest BCUT2D eigenvalue weighted by atomic mass is 31.2. The van der Waals surface area contributed by atoms with Gasteiger partial charge in [0.25, 0.3) is 0 Å². The quantitative estimate of drug-likeness (QED) is 0.251. The Bertz CT molecular complexity index is 981. The van der Waals surface area contributed by atoms with Crippen LogP contribution in [0.5, 0.6) is 11.5 Å². The fraction of sp³-hybridized carbons (Fsp3) is 0.136. The molecule has 3 aromatic rings. The largest absolute Gasteiger partial charge is 0.606 e. The minimum Gasteiger partial charge on any atom is -0.363 e. The van der Waals surface area contributed by atoms with Crippen LogP contribution < -0.4 is 9.78 Å². The second-order valence-corrected chi connectivity index (χ2v) is 7.92. The topological polar surface area (TPSA) is 80.3 Å². The third-order valence-electron chi connectivity index (χ3n) is 4.01. The third-order valence-corrected chi connectivity index (χ3v) is 4.92. The zero-order valence-corrected chi connectivity index (χ0v) is 17.6. The molecule has 0 saturated heterocycles. The summed E-state index contributed by atoms with van der Waals surface area (Å²) in [6.45, 7) is 5.42. The lowest BCUT2D eigenvalue weighted by Gasteiger charge is -2.17. The van der Waals surface area contributed by atoms with E-state index in [0.29, 0.717) is 11.1 Å². The van der Waals surface area contributed by atoms with Crippen molar-refractivity contribution in [1.82, 2.24) is 0 Å². The molecule has 7 nitrogen and oxygen atoms in total. The number of hydrogen-bond acceptors (Lipinski definition) is 7. The van der Waals surface area contributed by atoms with Crippen molar-refractivity contribution < 1.29 is 33.0 Å². The molecule has 3 aromatic carbocycles. The summed E-state index contributed by atoms with van der Waals surface area (Å²) in [5.74, 6) is -0.416. The summed E-state index contributed by atoms with van der Waals surface area (Å²) in [4.78, 5) is 22.8. The molecular weight excluding hydrogens is 407 g/mol. The minimum atomic E-state index is -4.62. The van der Waals surface area contributed by atoms with Gasteiger partial charge in [-0.05, 0) is 56.2 Å². The van der Waals surface area contributed by atoms with Gasteiger partial charge in [0.2, 0.25) is 0 Å². The van der Waals surface area contributed by atoms with Crippen molar-refractivity contribution in [3.05, 3.63) is 95.1 Å². The summed E-state index contributed by atoms with van der Waals surface area (Å²) in [6.07, 6.45) is 0. The van der Waals surface area contributed by atoms with Crippen LogP contribution in [0.2, 0.25) is 0 Å². The highest BCUT2D eigenvalue weighted by molar-refractivity contribution is 7.48. The van der Waals surface area contributed by atoms with E-state index in [0.717, 1.165) is 5.56 Å². The molecule has 3 rings (SSSR count). The van der Waals surface area contributed by atoms with Gasteiger partial charge in [-0.15, -0.1) is 0 Å². The minimum absolute atomic E-state index is 0.236. The number of carbonyl (C=O) groups excluding carboxylic acids is 1. The van der Waals surface area contributed by atoms with E-state index in [4.69, 9.17) is 23.6 Å². The highest BCUT2D eigenvalue weighted by Gasteiger charge is 2.38. The van der Waals surface area contributed by atoms with Gasteiger partial charge in [-0.25, -0.2) is 9.36 Å². The van der Waals surface area contributed by atoms with E-state index in [1.54, 1.807) is 74.5 Å². The Hall–Kier alpha value is -3.12. The monoisotopic (exact) mass is 428 g/mol. The smallest absolute Gasteiger partial charge is 0.363 e. The average molecular weight is 428 g/mol. The number of aryl methyl sites for hydroxylation is 3. The maximum Gasteiger partial charge on any atom is 0.606 e. The first-order chi connectivity index (χ1) is 14.4. The van der Waals surface area contributed by atoms with Gasteiger partial charge in [0, 0.05) is 0 Å². The first kappa shape index (κ1) is 21.6. The van der Waals surface area contributed by atoms with Crippen molar-refractivity contribution >= 4 is 13.8 Å². The van der Waals surface area contributed by atoms with Gasteiger partial charge in [0.15, 0.2) is 11.5 Å². The second kappa shape index (κ2) is 9.59. The molecule has 0 heterocycles. The summed E-state index contributed by atoms with van der Waals surface area (Å²) in [5.41, 5.74) is 2.57. The van der Waals surface area contributed by atoms with Crippen molar-refractivity contribution in [2.45, 2.75) is 20.8 Å². The Kier molecular flexibility index (Phi) is 6.90. The average Bonchev–Trinajstić information content (AvgIpc) is 2.72. The van der Waals surface area contributed by atoms with E-state index in [1.165, 1.54) is 0 Å². The summed E-state index contributed by atoms with van der Waals surface area (Å²) < 4.78 is 28.0. The van der Waals surface area contributed by atoms with E-state index < -0.39 is 13.8 Å². The zero-order chi connectivity index (χ0) is 21.6. The molecule has 156 valence electrons. The van der Waals surface area contributed by atoms with E-state index in [2.05, 4.69) is 0 Å². The molecule has 0 atom stereocenters. The van der Waals surface area contributed by atoms with Crippen LogP contribution in [-0.2, 0) is 18.4 Å². The maximum atomic E-state index is 13.1. The molecule has 0 unspecified atom stereocenters. The lowest BCUT2D eigenvalue weighted by molar-refractivity contribution is -0.188. The predicted octanol–water partition coefficient (Wildman–Crippen LogP) is 5.90. The van der Waals surface area contributed by atoms with Crippen LogP contribution in [0.1, 0.15) is 27.0 Å². The normalized spacial score (nSPS) is 11.0. The summed E-state index contributed by atoms with van der Waals surface area (Å²) in [5, 5.41) is 0. The van der Waals surface area contributed by atoms with Crippen LogP contribution in [-0.4, -0.2) is 5.97 Å². The Morgan fingerprint density at radius 2 is 1.17 bits per heavy atom. The number of para-hydroxylation sites is 2. The number of phosphoric acid groups is 1. The summed E-state index contributed by atoms with van der Waals surface area (Å²) >= 11 is 0. The Morgan fingerprint density at radius 1 is 0.733 bits per heavy atom. The molecule has 0 saturated carbocycles. The van der Waals surface area contributed by atoms with Crippen molar-refractivity contribution in [3.8, 4) is 11.5 Å². The molecule has 0 spiro atoms. The number of rotatable bonds is 8. The fourth-order valence-electron chi connectivity index (χ4n) is 2.82. The van der Waals surface area contributed by atoms with Gasteiger partial charge in [-0.3, -0.25) is 0 Å². The molecule has 0 bridgehead atoms. The SMILES string of the molecule is Cc1cc(C)c(C(=O)OP(=O)(OOc2ccccc2)OOc2ccccc2)c(C)c1. The van der Waals surface area contributed by atoms with Crippen molar-refractivity contribution in [2.24, 2.45) is 0 Å². The molecule has 0 amide bonds. The number of carbonyl (C=O) groups is 1. The van der Waals surface area contributed by atoms with Crippen LogP contribution in [0, 0.1) is 20.8 Å². The predicted molar refractivity (Wildman–Crippen MR) is 110 cm³/mol. The molecule has 0 aliphatic heterocycles. The Morgan fingerprint density at radius 3 is 1.60 bits per heavy atom. The molecule has 0 N–H and O–H groups in total. The molecular formula is C22H21O7P. The van der Waals surface area contributed by atoms with Gasteiger partial charge in [-0.2, -0.15) is 0 Å². The van der Waals surface area contributed by atoms with E-state index >= 15 is 0 Å². The molecule has 0 fully saturated rings. The highest BCUT2D eigenvalue weighted by Crippen LogP contribution is 2.51. The summed E-state index contributed by atoms with van der Waals surface area (Å²) in [6, 6.07) is 20.2. The standard InChI is InChI=1S/C22H21O7P/c1-16-14-17(2)21(18(3)15-16)22(23)27-30(24,28-25-19-10-6-4-7-11-19)29-26-20-12-8-5-9-13-20/h4-15H,1-3H3. The molecule has 0 radical (unpaired) electrons. The number of hydrogen-bond donors (Lipinski definition) is 0. The second-order valence-electron chi connectivity index (χ2n) is 6.54. The first-order valence-electron chi connectivity index (χ1n) is 9.11. The van der Waals surface area contributed by atoms with Gasteiger partial charge in [-0.1, -0.05) is 63.4 Å². The summed E-state index contributed by atoms with van der Waals surface area (Å²) in [7, 11) is -4.62. The van der Waals surface area contributed by atoms with Crippen LogP contribution in [0.4, 0.5) is 0 Å². The van der Waals surface area contributed by atoms with Crippen molar-refractivity contribution in [3.63, 3.8) is 0 Å². The number of benzene rings is 3. The lowest BCUT2D eigenvalue weighted by Crippen LogP contribution is -2.13. The van der Waals surface area contributed by atoms with Gasteiger partial charge in [0.05, 0.1) is 5.56 Å². The fourth-order valence-corrected chi connectivity index (χ4v) is 3.56. The zero-order valence-electron chi connectivity index (χ0n) is 16.7. The van der Waals surface area contributed by atoms with E-state index in [-0.39, 0.29) is 17.1 Å². The van der Waals surface area contributed by atoms with Crippen molar-refractivity contribution in [2.75, 3.05) is 0 Å². The third kappa shape index (κ3) is 5.70. The molecule has 0 aliphatic rings. The van der Waals surface area contributed by atoms with E-state index in [1.807, 2.05) is 19.1 Å². The molecule has 8 heteroatoms. The van der Waals surface area contributed by atoms with Gasteiger partial charge < -0.3 is 14.3 Å². The molecule has 30 heavy (non-hydrogen) atoms. The van der Waals surface area contributed by atoms with Crippen LogP contribution in [0.25, 0.3) is 0 Å². The maximum absolute atomic E-state index is 13.1. The molecule has 0 aromatic heterocycles. The van der Waals surface area contributed by atoms with Gasteiger partial charge in [0.1, 0.15) is 0 Å². The van der Waals surface area contributed by atoms with E-state index in [9.17, 15) is 9.36 Å². The first-order valence-corrected chi connectivity index (χ1v) is 10.6. The Labute approximate surface area is 174 Å². The van der Waals surface area contributed by atoms with Crippen LogP contribution in [0.3, 0.4) is 0 Å². The van der Waals surface area contributed by atoms with Gasteiger partial charge >= 0.3 is 13.8 Å². The van der Waals surface area contributed by atoms with Crippen molar-refractivity contribution in [1.29, 1.82) is 0 Å².